The SMILES string of the molecule is CN=C(NCC(C)N1CCc2ccccc2C1)N(C)CC1CCOC1.I. The van der Waals surface area contributed by atoms with Crippen LogP contribution in [0.15, 0.2) is 29.3 Å². The maximum Gasteiger partial charge on any atom is 0.193 e. The Kier molecular flexibility index (Phi) is 8.63. The Morgan fingerprint density at radius 2 is 2.15 bits per heavy atom. The average Bonchev–Trinajstić information content (AvgIpc) is 3.14. The summed E-state index contributed by atoms with van der Waals surface area (Å²) in [5.74, 6) is 1.61. The Balaban J connectivity index is 0.00000243. The number of nitrogens with zero attached hydrogens (tertiary/aromatic N) is 3. The van der Waals surface area contributed by atoms with Crippen LogP contribution in [0, 0.1) is 5.92 Å². The zero-order valence-corrected chi connectivity index (χ0v) is 18.6. The number of benzene rings is 1. The van der Waals surface area contributed by atoms with Gasteiger partial charge in [0.1, 0.15) is 0 Å². The van der Waals surface area contributed by atoms with Crippen molar-refractivity contribution < 1.29 is 4.74 Å². The molecule has 1 aromatic rings. The van der Waals surface area contributed by atoms with Gasteiger partial charge in [0, 0.05) is 58.8 Å². The van der Waals surface area contributed by atoms with Crippen LogP contribution in [-0.2, 0) is 17.7 Å². The summed E-state index contributed by atoms with van der Waals surface area (Å²) in [4.78, 5) is 9.25. The molecule has 0 radical (unpaired) electrons. The molecule has 0 aliphatic carbocycles. The van der Waals surface area contributed by atoms with Crippen molar-refractivity contribution in [2.45, 2.75) is 32.4 Å². The van der Waals surface area contributed by atoms with Crippen LogP contribution in [0.25, 0.3) is 0 Å². The van der Waals surface area contributed by atoms with E-state index in [9.17, 15) is 0 Å². The van der Waals surface area contributed by atoms with Gasteiger partial charge in [-0.25, -0.2) is 0 Å². The molecule has 0 spiro atoms. The lowest BCUT2D eigenvalue weighted by atomic mass is 9.99. The van der Waals surface area contributed by atoms with Crippen molar-refractivity contribution in [2.24, 2.45) is 10.9 Å². The molecule has 2 atom stereocenters. The van der Waals surface area contributed by atoms with Crippen molar-refractivity contribution in [3.63, 3.8) is 0 Å². The van der Waals surface area contributed by atoms with Crippen molar-refractivity contribution >= 4 is 29.9 Å². The van der Waals surface area contributed by atoms with E-state index in [1.807, 2.05) is 7.05 Å². The first kappa shape index (κ1) is 21.4. The highest BCUT2D eigenvalue weighted by molar-refractivity contribution is 14.0. The number of hydrogen-bond donors (Lipinski definition) is 1. The van der Waals surface area contributed by atoms with Gasteiger partial charge in [0.05, 0.1) is 6.61 Å². The minimum Gasteiger partial charge on any atom is -0.381 e. The van der Waals surface area contributed by atoms with Crippen LogP contribution >= 0.6 is 24.0 Å². The van der Waals surface area contributed by atoms with Crippen LogP contribution in [0.1, 0.15) is 24.5 Å². The summed E-state index contributed by atoms with van der Waals surface area (Å²) < 4.78 is 5.48. The summed E-state index contributed by atoms with van der Waals surface area (Å²) in [6.07, 6.45) is 2.31. The number of guanidine groups is 1. The fraction of sp³-hybridized carbons (Fsp3) is 0.650. The van der Waals surface area contributed by atoms with Crippen molar-refractivity contribution in [2.75, 3.05) is 46.9 Å². The highest BCUT2D eigenvalue weighted by Gasteiger charge is 2.22. The molecule has 5 nitrogen and oxygen atoms in total. The Bertz CT molecular complexity index is 589. The highest BCUT2D eigenvalue weighted by atomic mass is 127. The Morgan fingerprint density at radius 3 is 2.85 bits per heavy atom. The lowest BCUT2D eigenvalue weighted by Gasteiger charge is -2.34. The molecule has 26 heavy (non-hydrogen) atoms. The molecule has 1 fully saturated rings. The van der Waals surface area contributed by atoms with E-state index in [1.165, 1.54) is 11.1 Å². The van der Waals surface area contributed by atoms with E-state index in [0.29, 0.717) is 12.0 Å². The molecule has 2 heterocycles. The fourth-order valence-electron chi connectivity index (χ4n) is 3.85. The van der Waals surface area contributed by atoms with Gasteiger partial charge in [-0.05, 0) is 30.9 Å². The number of nitrogens with one attached hydrogen (secondary N) is 1. The predicted octanol–water partition coefficient (Wildman–Crippen LogP) is 2.59. The van der Waals surface area contributed by atoms with Gasteiger partial charge in [0.25, 0.3) is 0 Å². The largest absolute Gasteiger partial charge is 0.381 e. The van der Waals surface area contributed by atoms with Gasteiger partial charge in [-0.15, -0.1) is 24.0 Å². The summed E-state index contributed by atoms with van der Waals surface area (Å²) in [6, 6.07) is 9.30. The second kappa shape index (κ2) is 10.5. The first-order chi connectivity index (χ1) is 12.2. The van der Waals surface area contributed by atoms with E-state index in [0.717, 1.165) is 58.2 Å². The molecule has 0 aromatic heterocycles. The molecule has 2 aliphatic heterocycles. The molecule has 2 unspecified atom stereocenters. The molecule has 1 aromatic carbocycles. The molecular formula is C20H33IN4O. The highest BCUT2D eigenvalue weighted by Crippen LogP contribution is 2.20. The van der Waals surface area contributed by atoms with E-state index in [-0.39, 0.29) is 24.0 Å². The van der Waals surface area contributed by atoms with Crippen molar-refractivity contribution in [1.29, 1.82) is 0 Å². The summed E-state index contributed by atoms with van der Waals surface area (Å²) in [5, 5.41) is 3.56. The molecular weight excluding hydrogens is 439 g/mol. The molecule has 0 bridgehead atoms. The lowest BCUT2D eigenvalue weighted by Crippen LogP contribution is -2.48. The zero-order chi connectivity index (χ0) is 17.6. The van der Waals surface area contributed by atoms with Crippen LogP contribution in [-0.4, -0.2) is 68.7 Å². The van der Waals surface area contributed by atoms with Crippen LogP contribution in [0.5, 0.6) is 0 Å². The van der Waals surface area contributed by atoms with Crippen molar-refractivity contribution in [1.82, 2.24) is 15.1 Å². The average molecular weight is 472 g/mol. The summed E-state index contributed by atoms with van der Waals surface area (Å²) in [5.41, 5.74) is 2.98. The van der Waals surface area contributed by atoms with Gasteiger partial charge in [0.2, 0.25) is 0 Å². The monoisotopic (exact) mass is 472 g/mol. The summed E-state index contributed by atoms with van der Waals surface area (Å²) in [6.45, 7) is 8.19. The first-order valence-corrected chi connectivity index (χ1v) is 9.47. The van der Waals surface area contributed by atoms with Crippen molar-refractivity contribution in [3.8, 4) is 0 Å². The summed E-state index contributed by atoms with van der Waals surface area (Å²) in [7, 11) is 3.99. The van der Waals surface area contributed by atoms with Crippen LogP contribution < -0.4 is 5.32 Å². The molecule has 0 amide bonds. The van der Waals surface area contributed by atoms with Gasteiger partial charge in [-0.2, -0.15) is 0 Å². The topological polar surface area (TPSA) is 40.1 Å². The first-order valence-electron chi connectivity index (χ1n) is 9.47. The zero-order valence-electron chi connectivity index (χ0n) is 16.3. The minimum absolute atomic E-state index is 0. The number of hydrogen-bond acceptors (Lipinski definition) is 3. The molecule has 3 rings (SSSR count). The normalized spacial score (nSPS) is 21.7. The molecule has 1 N–H and O–H groups in total. The lowest BCUT2D eigenvalue weighted by molar-refractivity contribution is 0.180. The van der Waals surface area contributed by atoms with Crippen LogP contribution in [0.3, 0.4) is 0 Å². The Morgan fingerprint density at radius 1 is 1.38 bits per heavy atom. The third kappa shape index (κ3) is 5.57. The minimum atomic E-state index is 0. The molecule has 2 aliphatic rings. The number of aliphatic imine (C=N–C) groups is 1. The fourth-order valence-corrected chi connectivity index (χ4v) is 3.85. The Hall–Kier alpha value is -0.860. The van der Waals surface area contributed by atoms with E-state index in [1.54, 1.807) is 0 Å². The predicted molar refractivity (Wildman–Crippen MR) is 118 cm³/mol. The van der Waals surface area contributed by atoms with Crippen LogP contribution in [0.4, 0.5) is 0 Å². The maximum atomic E-state index is 5.48. The second-order valence-corrected chi connectivity index (χ2v) is 7.38. The van der Waals surface area contributed by atoms with Crippen molar-refractivity contribution in [3.05, 3.63) is 35.4 Å². The molecule has 146 valence electrons. The van der Waals surface area contributed by atoms with Gasteiger partial charge in [-0.1, -0.05) is 24.3 Å². The number of fused-ring (bicyclic) bond motifs is 1. The molecule has 6 heteroatoms. The third-order valence-corrected chi connectivity index (χ3v) is 5.47. The van der Waals surface area contributed by atoms with E-state index < -0.39 is 0 Å². The van der Waals surface area contributed by atoms with E-state index >= 15 is 0 Å². The quantitative estimate of drug-likeness (QED) is 0.407. The smallest absolute Gasteiger partial charge is 0.193 e. The maximum absolute atomic E-state index is 5.48. The molecule has 0 saturated carbocycles. The third-order valence-electron chi connectivity index (χ3n) is 5.47. The number of ether oxygens (including phenoxy) is 1. The number of halogens is 1. The van der Waals surface area contributed by atoms with Gasteiger partial charge < -0.3 is 15.0 Å². The Labute approximate surface area is 175 Å². The van der Waals surface area contributed by atoms with E-state index in [2.05, 4.69) is 58.3 Å². The van der Waals surface area contributed by atoms with Gasteiger partial charge >= 0.3 is 0 Å². The standard InChI is InChI=1S/C20H32N4O.HI/c1-16(24-10-8-18-6-4-5-7-19(18)14-24)12-22-20(21-2)23(3)13-17-9-11-25-15-17;/h4-7,16-17H,8-15H2,1-3H3,(H,21,22);1H. The van der Waals surface area contributed by atoms with Gasteiger partial charge in [-0.3, -0.25) is 9.89 Å². The van der Waals surface area contributed by atoms with Crippen LogP contribution in [0.2, 0.25) is 0 Å². The summed E-state index contributed by atoms with van der Waals surface area (Å²) >= 11 is 0. The molecule has 1 saturated heterocycles. The van der Waals surface area contributed by atoms with E-state index in [4.69, 9.17) is 4.74 Å². The number of rotatable bonds is 5. The van der Waals surface area contributed by atoms with Gasteiger partial charge in [0.15, 0.2) is 5.96 Å². The second-order valence-electron chi connectivity index (χ2n) is 7.38.